The maximum absolute atomic E-state index is 14.0. The van der Waals surface area contributed by atoms with Gasteiger partial charge in [-0.1, -0.05) is 25.8 Å². The third-order valence-corrected chi connectivity index (χ3v) is 7.11. The van der Waals surface area contributed by atoms with Gasteiger partial charge in [-0.3, -0.25) is 4.79 Å². The molecular formula is C23H30FN3O2. The number of anilines is 1. The van der Waals surface area contributed by atoms with Gasteiger partial charge in [0.15, 0.2) is 0 Å². The first-order chi connectivity index (χ1) is 13.9. The van der Waals surface area contributed by atoms with Crippen LogP contribution in [0.2, 0.25) is 0 Å². The SMILES string of the molecule is CC1(CC(=O)N2CCOC3(CCN(c4cccc(F)c4C#N)CC3)C2)CCCC1. The lowest BCUT2D eigenvalue weighted by molar-refractivity contribution is -0.156. The van der Waals surface area contributed by atoms with Gasteiger partial charge in [0.05, 0.1) is 17.9 Å². The fourth-order valence-corrected chi connectivity index (χ4v) is 5.28. The number of nitriles is 1. The van der Waals surface area contributed by atoms with Gasteiger partial charge >= 0.3 is 0 Å². The normalized spacial score (nSPS) is 23.2. The Morgan fingerprint density at radius 1 is 1.21 bits per heavy atom. The molecule has 0 bridgehead atoms. The second-order valence-corrected chi connectivity index (χ2v) is 9.27. The summed E-state index contributed by atoms with van der Waals surface area (Å²) in [5, 5.41) is 9.32. The number of halogens is 1. The van der Waals surface area contributed by atoms with Crippen LogP contribution in [0.25, 0.3) is 0 Å². The molecule has 0 aromatic heterocycles. The van der Waals surface area contributed by atoms with E-state index in [1.54, 1.807) is 12.1 Å². The first-order valence-corrected chi connectivity index (χ1v) is 10.8. The highest BCUT2D eigenvalue weighted by molar-refractivity contribution is 5.77. The lowest BCUT2D eigenvalue weighted by atomic mass is 9.84. The highest BCUT2D eigenvalue weighted by Crippen LogP contribution is 2.41. The van der Waals surface area contributed by atoms with E-state index in [1.807, 2.05) is 11.0 Å². The Labute approximate surface area is 172 Å². The van der Waals surface area contributed by atoms with Crippen LogP contribution in [-0.4, -0.2) is 49.2 Å². The fraction of sp³-hybridized carbons (Fsp3) is 0.652. The summed E-state index contributed by atoms with van der Waals surface area (Å²) in [4.78, 5) is 17.0. The minimum absolute atomic E-state index is 0.106. The average molecular weight is 400 g/mol. The quantitative estimate of drug-likeness (QED) is 0.774. The third-order valence-electron chi connectivity index (χ3n) is 7.11. The molecule has 1 aromatic rings. The van der Waals surface area contributed by atoms with E-state index in [0.29, 0.717) is 44.9 Å². The van der Waals surface area contributed by atoms with Crippen LogP contribution in [0, 0.1) is 22.6 Å². The smallest absolute Gasteiger partial charge is 0.223 e. The summed E-state index contributed by atoms with van der Waals surface area (Å²) in [5.41, 5.74) is 0.604. The summed E-state index contributed by atoms with van der Waals surface area (Å²) in [5.74, 6) is -0.215. The van der Waals surface area contributed by atoms with Crippen molar-refractivity contribution in [2.24, 2.45) is 5.41 Å². The van der Waals surface area contributed by atoms with Crippen molar-refractivity contribution >= 4 is 11.6 Å². The second-order valence-electron chi connectivity index (χ2n) is 9.27. The highest BCUT2D eigenvalue weighted by Gasteiger charge is 2.42. The lowest BCUT2D eigenvalue weighted by Gasteiger charge is -2.48. The maximum atomic E-state index is 14.0. The molecule has 5 nitrogen and oxygen atoms in total. The molecule has 1 saturated carbocycles. The molecular weight excluding hydrogens is 369 g/mol. The predicted molar refractivity (Wildman–Crippen MR) is 109 cm³/mol. The van der Waals surface area contributed by atoms with Crippen LogP contribution in [0.3, 0.4) is 0 Å². The monoisotopic (exact) mass is 399 g/mol. The van der Waals surface area contributed by atoms with E-state index in [2.05, 4.69) is 11.8 Å². The minimum atomic E-state index is -0.476. The first kappa shape index (κ1) is 20.2. The topological polar surface area (TPSA) is 56.6 Å². The minimum Gasteiger partial charge on any atom is -0.371 e. The van der Waals surface area contributed by atoms with Gasteiger partial charge in [0, 0.05) is 32.6 Å². The Kier molecular flexibility index (Phi) is 5.52. The van der Waals surface area contributed by atoms with Crippen LogP contribution in [0.15, 0.2) is 18.2 Å². The Bertz CT molecular complexity index is 805. The molecule has 0 unspecified atom stereocenters. The number of hydrogen-bond donors (Lipinski definition) is 0. The zero-order valence-electron chi connectivity index (χ0n) is 17.3. The molecule has 2 heterocycles. The van der Waals surface area contributed by atoms with Crippen LogP contribution in [-0.2, 0) is 9.53 Å². The van der Waals surface area contributed by atoms with Gasteiger partial charge in [0.1, 0.15) is 17.4 Å². The molecule has 0 N–H and O–H groups in total. The van der Waals surface area contributed by atoms with Crippen LogP contribution < -0.4 is 4.90 Å². The molecule has 3 aliphatic rings. The fourth-order valence-electron chi connectivity index (χ4n) is 5.28. The zero-order chi connectivity index (χ0) is 20.5. The number of hydrogen-bond acceptors (Lipinski definition) is 4. The summed E-state index contributed by atoms with van der Waals surface area (Å²) < 4.78 is 20.2. The maximum Gasteiger partial charge on any atom is 0.223 e. The molecule has 1 aliphatic carbocycles. The first-order valence-electron chi connectivity index (χ1n) is 10.8. The Morgan fingerprint density at radius 2 is 1.93 bits per heavy atom. The number of rotatable bonds is 3. The molecule has 4 rings (SSSR count). The van der Waals surface area contributed by atoms with Gasteiger partial charge in [0.2, 0.25) is 5.91 Å². The van der Waals surface area contributed by atoms with E-state index >= 15 is 0 Å². The molecule has 3 fully saturated rings. The summed E-state index contributed by atoms with van der Waals surface area (Å²) in [6.07, 6.45) is 6.96. The summed E-state index contributed by atoms with van der Waals surface area (Å²) in [6, 6.07) is 6.77. The molecule has 6 heteroatoms. The number of benzene rings is 1. The van der Waals surface area contributed by atoms with Crippen molar-refractivity contribution < 1.29 is 13.9 Å². The van der Waals surface area contributed by atoms with Crippen LogP contribution in [0.5, 0.6) is 0 Å². The number of morpholine rings is 1. The largest absolute Gasteiger partial charge is 0.371 e. The Hall–Kier alpha value is -2.13. The van der Waals surface area contributed by atoms with Gasteiger partial charge in [-0.2, -0.15) is 5.26 Å². The molecule has 29 heavy (non-hydrogen) atoms. The van der Waals surface area contributed by atoms with Gasteiger partial charge < -0.3 is 14.5 Å². The standard InChI is InChI=1S/C23H30FN3O2/c1-22(7-2-3-8-22)15-21(28)27-13-14-29-23(17-27)9-11-26(12-10-23)20-6-4-5-19(24)18(20)16-25/h4-6H,2-3,7-15,17H2,1H3. The summed E-state index contributed by atoms with van der Waals surface area (Å²) in [7, 11) is 0. The highest BCUT2D eigenvalue weighted by atomic mass is 19.1. The number of nitrogens with zero attached hydrogens (tertiary/aromatic N) is 3. The van der Waals surface area contributed by atoms with Gasteiger partial charge in [-0.15, -0.1) is 0 Å². The predicted octanol–water partition coefficient (Wildman–Crippen LogP) is 3.87. The number of amides is 1. The second kappa shape index (κ2) is 7.95. The van der Waals surface area contributed by atoms with Gasteiger partial charge in [-0.05, 0) is 43.2 Å². The van der Waals surface area contributed by atoms with E-state index in [9.17, 15) is 14.4 Å². The molecule has 0 radical (unpaired) electrons. The molecule has 156 valence electrons. The van der Waals surface area contributed by atoms with Gasteiger partial charge in [0.25, 0.3) is 0 Å². The van der Waals surface area contributed by atoms with Gasteiger partial charge in [-0.25, -0.2) is 4.39 Å². The van der Waals surface area contributed by atoms with Crippen molar-refractivity contribution in [1.82, 2.24) is 4.90 Å². The number of piperidine rings is 1. The Balaban J connectivity index is 1.40. The number of carbonyl (C=O) groups is 1. The van der Waals surface area contributed by atoms with E-state index in [0.717, 1.165) is 25.7 Å². The van der Waals surface area contributed by atoms with E-state index < -0.39 is 5.82 Å². The van der Waals surface area contributed by atoms with Crippen molar-refractivity contribution in [3.05, 3.63) is 29.6 Å². The molecule has 2 aliphatic heterocycles. The number of ether oxygens (including phenoxy) is 1. The average Bonchev–Trinajstić information content (AvgIpc) is 3.14. The molecule has 0 atom stereocenters. The number of carbonyl (C=O) groups excluding carboxylic acids is 1. The Morgan fingerprint density at radius 3 is 2.62 bits per heavy atom. The van der Waals surface area contributed by atoms with E-state index in [4.69, 9.17) is 4.74 Å². The van der Waals surface area contributed by atoms with Crippen molar-refractivity contribution in [3.8, 4) is 6.07 Å². The van der Waals surface area contributed by atoms with E-state index in [-0.39, 0.29) is 22.5 Å². The van der Waals surface area contributed by atoms with Crippen LogP contribution >= 0.6 is 0 Å². The summed E-state index contributed by atoms with van der Waals surface area (Å²) in [6.45, 7) is 5.52. The lowest BCUT2D eigenvalue weighted by Crippen LogP contribution is -2.58. The zero-order valence-corrected chi connectivity index (χ0v) is 17.3. The molecule has 1 amide bonds. The van der Waals surface area contributed by atoms with Crippen molar-refractivity contribution in [1.29, 1.82) is 5.26 Å². The third kappa shape index (κ3) is 4.11. The van der Waals surface area contributed by atoms with Crippen molar-refractivity contribution in [2.45, 2.75) is 57.5 Å². The molecule has 2 saturated heterocycles. The molecule has 1 aromatic carbocycles. The van der Waals surface area contributed by atoms with E-state index in [1.165, 1.54) is 18.9 Å². The molecule has 1 spiro atoms. The van der Waals surface area contributed by atoms with Crippen LogP contribution in [0.1, 0.15) is 57.4 Å². The van der Waals surface area contributed by atoms with Crippen molar-refractivity contribution in [2.75, 3.05) is 37.7 Å². The summed E-state index contributed by atoms with van der Waals surface area (Å²) >= 11 is 0. The van der Waals surface area contributed by atoms with Crippen LogP contribution in [0.4, 0.5) is 10.1 Å². The van der Waals surface area contributed by atoms with Crippen molar-refractivity contribution in [3.63, 3.8) is 0 Å².